The Kier molecular flexibility index (Phi) is 5.95. The van der Waals surface area contributed by atoms with Gasteiger partial charge >= 0.3 is 5.97 Å². The van der Waals surface area contributed by atoms with Crippen molar-refractivity contribution in [3.63, 3.8) is 0 Å². The predicted molar refractivity (Wildman–Crippen MR) is 72.4 cm³/mol. The Morgan fingerprint density at radius 2 is 1.76 bits per heavy atom. The summed E-state index contributed by atoms with van der Waals surface area (Å²) in [6.07, 6.45) is 5.40. The Morgan fingerprint density at radius 3 is 2.06 bits per heavy atom. The predicted octanol–water partition coefficient (Wildman–Crippen LogP) is 3.06. The summed E-state index contributed by atoms with van der Waals surface area (Å²) in [6, 6.07) is 0. The first-order chi connectivity index (χ1) is 7.33. The standard InChI is InChI=1S/C13H25NO2.ClH/c1-12(2,3)10(11(15)16)13(9-14)7-5-4-6-8-13;/h10H,4-9,14H2,1-3H3,(H,15,16);1H. The van der Waals surface area contributed by atoms with Gasteiger partial charge in [0.1, 0.15) is 0 Å². The van der Waals surface area contributed by atoms with Gasteiger partial charge in [-0.25, -0.2) is 0 Å². The highest BCUT2D eigenvalue weighted by Gasteiger charge is 2.48. The Morgan fingerprint density at radius 1 is 1.29 bits per heavy atom. The fourth-order valence-electron chi connectivity index (χ4n) is 3.42. The molecule has 1 aliphatic rings. The summed E-state index contributed by atoms with van der Waals surface area (Å²) in [7, 11) is 0. The van der Waals surface area contributed by atoms with Crippen molar-refractivity contribution in [3.05, 3.63) is 0 Å². The zero-order chi connectivity index (χ0) is 12.4. The lowest BCUT2D eigenvalue weighted by molar-refractivity contribution is -0.154. The molecule has 0 spiro atoms. The number of rotatable bonds is 3. The van der Waals surface area contributed by atoms with Crippen LogP contribution in [0, 0.1) is 16.7 Å². The van der Waals surface area contributed by atoms with E-state index in [1.165, 1.54) is 6.42 Å². The van der Waals surface area contributed by atoms with E-state index < -0.39 is 5.97 Å². The molecular weight excluding hydrogens is 238 g/mol. The number of carboxylic acids is 1. The van der Waals surface area contributed by atoms with E-state index in [0.29, 0.717) is 6.54 Å². The van der Waals surface area contributed by atoms with Crippen LogP contribution >= 0.6 is 12.4 Å². The molecule has 0 bridgehead atoms. The number of carbonyl (C=O) groups is 1. The van der Waals surface area contributed by atoms with Gasteiger partial charge in [-0.05, 0) is 30.2 Å². The first kappa shape index (κ1) is 16.7. The molecule has 3 N–H and O–H groups in total. The fourth-order valence-corrected chi connectivity index (χ4v) is 3.42. The van der Waals surface area contributed by atoms with E-state index in [0.717, 1.165) is 25.7 Å². The van der Waals surface area contributed by atoms with Crippen LogP contribution in [0.15, 0.2) is 0 Å². The molecule has 0 aliphatic heterocycles. The number of hydrogen-bond donors (Lipinski definition) is 2. The minimum Gasteiger partial charge on any atom is -0.481 e. The second-order valence-corrected chi connectivity index (χ2v) is 6.26. The molecule has 0 aromatic rings. The molecule has 102 valence electrons. The molecule has 0 radical (unpaired) electrons. The highest BCUT2D eigenvalue weighted by Crippen LogP contribution is 2.48. The van der Waals surface area contributed by atoms with Crippen molar-refractivity contribution < 1.29 is 9.90 Å². The average Bonchev–Trinajstić information content (AvgIpc) is 2.16. The van der Waals surface area contributed by atoms with Crippen LogP contribution in [0.4, 0.5) is 0 Å². The SMILES string of the molecule is CC(C)(C)C(C(=O)O)C1(CN)CCCCC1.Cl. The van der Waals surface area contributed by atoms with E-state index in [-0.39, 0.29) is 29.2 Å². The molecular formula is C13H26ClNO2. The summed E-state index contributed by atoms with van der Waals surface area (Å²) < 4.78 is 0. The number of halogens is 1. The summed E-state index contributed by atoms with van der Waals surface area (Å²) in [5.74, 6) is -1.01. The molecule has 0 saturated heterocycles. The maximum Gasteiger partial charge on any atom is 0.307 e. The van der Waals surface area contributed by atoms with Gasteiger partial charge in [-0.1, -0.05) is 40.0 Å². The number of nitrogens with two attached hydrogens (primary N) is 1. The lowest BCUT2D eigenvalue weighted by Crippen LogP contribution is -2.49. The number of aliphatic carboxylic acids is 1. The molecule has 1 fully saturated rings. The second-order valence-electron chi connectivity index (χ2n) is 6.26. The van der Waals surface area contributed by atoms with Crippen LogP contribution in [0.1, 0.15) is 52.9 Å². The molecule has 17 heavy (non-hydrogen) atoms. The summed E-state index contributed by atoms with van der Waals surface area (Å²) in [5.41, 5.74) is 5.51. The monoisotopic (exact) mass is 263 g/mol. The van der Waals surface area contributed by atoms with E-state index in [2.05, 4.69) is 0 Å². The quantitative estimate of drug-likeness (QED) is 0.823. The third-order valence-electron chi connectivity index (χ3n) is 3.98. The smallest absolute Gasteiger partial charge is 0.307 e. The molecule has 0 aromatic carbocycles. The minimum atomic E-state index is -0.681. The van der Waals surface area contributed by atoms with Gasteiger partial charge in [-0.15, -0.1) is 12.4 Å². The molecule has 4 heteroatoms. The van der Waals surface area contributed by atoms with Crippen molar-refractivity contribution in [1.82, 2.24) is 0 Å². The van der Waals surface area contributed by atoms with Crippen molar-refractivity contribution in [3.8, 4) is 0 Å². The zero-order valence-electron chi connectivity index (χ0n) is 11.2. The van der Waals surface area contributed by atoms with E-state index in [1.807, 2.05) is 20.8 Å². The Bertz CT molecular complexity index is 255. The van der Waals surface area contributed by atoms with Crippen LogP contribution in [-0.2, 0) is 4.79 Å². The van der Waals surface area contributed by atoms with Gasteiger partial charge in [-0.3, -0.25) is 4.79 Å². The fraction of sp³-hybridized carbons (Fsp3) is 0.923. The van der Waals surface area contributed by atoms with Gasteiger partial charge < -0.3 is 10.8 Å². The van der Waals surface area contributed by atoms with Crippen LogP contribution in [0.5, 0.6) is 0 Å². The molecule has 1 atom stereocenters. The van der Waals surface area contributed by atoms with Crippen LogP contribution in [0.2, 0.25) is 0 Å². The summed E-state index contributed by atoms with van der Waals surface area (Å²) in [4.78, 5) is 11.6. The van der Waals surface area contributed by atoms with Crippen molar-refractivity contribution in [2.24, 2.45) is 22.5 Å². The van der Waals surface area contributed by atoms with Gasteiger partial charge in [0.05, 0.1) is 5.92 Å². The Labute approximate surface area is 111 Å². The molecule has 1 aliphatic carbocycles. The maximum absolute atomic E-state index is 11.6. The summed E-state index contributed by atoms with van der Waals surface area (Å²) >= 11 is 0. The average molecular weight is 264 g/mol. The van der Waals surface area contributed by atoms with Crippen molar-refractivity contribution in [2.45, 2.75) is 52.9 Å². The second kappa shape index (κ2) is 6.05. The van der Waals surface area contributed by atoms with Crippen LogP contribution in [-0.4, -0.2) is 17.6 Å². The van der Waals surface area contributed by atoms with E-state index in [4.69, 9.17) is 5.73 Å². The first-order valence-corrected chi connectivity index (χ1v) is 6.26. The lowest BCUT2D eigenvalue weighted by atomic mass is 9.58. The summed E-state index contributed by atoms with van der Waals surface area (Å²) in [6.45, 7) is 6.54. The van der Waals surface area contributed by atoms with Crippen LogP contribution in [0.25, 0.3) is 0 Å². The van der Waals surface area contributed by atoms with E-state index in [9.17, 15) is 9.90 Å². The van der Waals surface area contributed by atoms with Gasteiger partial charge in [0.2, 0.25) is 0 Å². The normalized spacial score (nSPS) is 21.4. The van der Waals surface area contributed by atoms with Gasteiger partial charge in [0.25, 0.3) is 0 Å². The van der Waals surface area contributed by atoms with Gasteiger partial charge in [-0.2, -0.15) is 0 Å². The Hall–Kier alpha value is -0.280. The maximum atomic E-state index is 11.6. The first-order valence-electron chi connectivity index (χ1n) is 6.26. The van der Waals surface area contributed by atoms with Crippen molar-refractivity contribution in [2.75, 3.05) is 6.54 Å². The number of carboxylic acid groups (broad SMARTS) is 1. The molecule has 3 nitrogen and oxygen atoms in total. The van der Waals surface area contributed by atoms with Crippen LogP contribution in [0.3, 0.4) is 0 Å². The lowest BCUT2D eigenvalue weighted by Gasteiger charge is -2.46. The molecule has 0 aromatic heterocycles. The van der Waals surface area contributed by atoms with Crippen molar-refractivity contribution in [1.29, 1.82) is 0 Å². The van der Waals surface area contributed by atoms with Gasteiger partial charge in [0.15, 0.2) is 0 Å². The van der Waals surface area contributed by atoms with Crippen LogP contribution < -0.4 is 5.73 Å². The molecule has 0 amide bonds. The summed E-state index contributed by atoms with van der Waals surface area (Å²) in [5, 5.41) is 9.50. The van der Waals surface area contributed by atoms with E-state index in [1.54, 1.807) is 0 Å². The van der Waals surface area contributed by atoms with Crippen molar-refractivity contribution >= 4 is 18.4 Å². The minimum absolute atomic E-state index is 0. The third-order valence-corrected chi connectivity index (χ3v) is 3.98. The van der Waals surface area contributed by atoms with E-state index >= 15 is 0 Å². The zero-order valence-corrected chi connectivity index (χ0v) is 12.0. The highest BCUT2D eigenvalue weighted by atomic mass is 35.5. The largest absolute Gasteiger partial charge is 0.481 e. The topological polar surface area (TPSA) is 63.3 Å². The number of hydrogen-bond acceptors (Lipinski definition) is 2. The Balaban J connectivity index is 0.00000256. The molecule has 1 unspecified atom stereocenters. The molecule has 0 heterocycles. The molecule has 1 saturated carbocycles. The van der Waals surface area contributed by atoms with Gasteiger partial charge in [0, 0.05) is 0 Å². The third kappa shape index (κ3) is 3.59. The highest BCUT2D eigenvalue weighted by molar-refractivity contribution is 5.85. The molecule has 1 rings (SSSR count).